The van der Waals surface area contributed by atoms with Crippen molar-refractivity contribution >= 4 is 16.8 Å². The third-order valence-corrected chi connectivity index (χ3v) is 4.72. The van der Waals surface area contributed by atoms with E-state index in [4.69, 9.17) is 4.74 Å². The fourth-order valence-electron chi connectivity index (χ4n) is 3.18. The second kappa shape index (κ2) is 7.78. The molecule has 0 aliphatic rings. The molecule has 0 amide bonds. The van der Waals surface area contributed by atoms with Crippen LogP contribution in [0.2, 0.25) is 0 Å². The Kier molecular flexibility index (Phi) is 5.14. The molecular formula is C21H16F3N5O2. The number of benzene rings is 1. The zero-order valence-electron chi connectivity index (χ0n) is 16.5. The van der Waals surface area contributed by atoms with Gasteiger partial charge in [-0.25, -0.2) is 9.97 Å². The molecule has 4 rings (SSSR count). The summed E-state index contributed by atoms with van der Waals surface area (Å²) in [5, 5.41) is 0. The molecule has 158 valence electrons. The number of Topliss-reactive ketones (excluding diaryl/α,β-unsaturated/α-hetero) is 1. The fraction of sp³-hybridized carbons (Fsp3) is 0.190. The molecule has 10 heteroatoms. The van der Waals surface area contributed by atoms with E-state index in [1.165, 1.54) is 43.9 Å². The standard InChI is InChI=1S/C21H16F3N5O2/c1-12-5-6-25-10-15(12)18(30)7-13-9-27-19(11-26-13)29-17-4-3-14(31-2)8-16(17)28-20(29)21(22,23)24/h3-6,8-11H,7H2,1-2H3. The number of ketones is 1. The van der Waals surface area contributed by atoms with Gasteiger partial charge in [0, 0.05) is 24.0 Å². The van der Waals surface area contributed by atoms with E-state index in [-0.39, 0.29) is 29.1 Å². The Balaban J connectivity index is 1.70. The zero-order chi connectivity index (χ0) is 22.2. The van der Waals surface area contributed by atoms with Crippen molar-refractivity contribution in [2.75, 3.05) is 7.11 Å². The van der Waals surface area contributed by atoms with Gasteiger partial charge in [0.15, 0.2) is 11.6 Å². The number of methoxy groups -OCH3 is 1. The van der Waals surface area contributed by atoms with Crippen molar-refractivity contribution in [1.82, 2.24) is 24.5 Å². The Hall–Kier alpha value is -3.82. The molecule has 0 fully saturated rings. The van der Waals surface area contributed by atoms with E-state index in [1.54, 1.807) is 19.2 Å². The lowest BCUT2D eigenvalue weighted by atomic mass is 10.0. The lowest BCUT2D eigenvalue weighted by molar-refractivity contribution is -0.145. The molecule has 0 unspecified atom stereocenters. The predicted octanol–water partition coefficient (Wildman–Crippen LogP) is 3.97. The van der Waals surface area contributed by atoms with Crippen LogP contribution >= 0.6 is 0 Å². The average Bonchev–Trinajstić information content (AvgIpc) is 3.14. The van der Waals surface area contributed by atoms with Gasteiger partial charge in [-0.3, -0.25) is 19.3 Å². The number of alkyl halides is 3. The second-order valence-corrected chi connectivity index (χ2v) is 6.78. The average molecular weight is 427 g/mol. The van der Waals surface area contributed by atoms with Crippen molar-refractivity contribution in [1.29, 1.82) is 0 Å². The van der Waals surface area contributed by atoms with Gasteiger partial charge in [0.2, 0.25) is 5.82 Å². The first-order chi connectivity index (χ1) is 14.8. The maximum atomic E-state index is 13.6. The lowest BCUT2D eigenvalue weighted by Gasteiger charge is -2.11. The van der Waals surface area contributed by atoms with E-state index in [1.807, 2.05) is 0 Å². The Bertz CT molecular complexity index is 1270. The minimum Gasteiger partial charge on any atom is -0.497 e. The smallest absolute Gasteiger partial charge is 0.450 e. The van der Waals surface area contributed by atoms with Crippen LogP contribution in [-0.2, 0) is 12.6 Å². The third kappa shape index (κ3) is 3.96. The number of halogens is 3. The number of pyridine rings is 1. The quantitative estimate of drug-likeness (QED) is 0.448. The van der Waals surface area contributed by atoms with E-state index >= 15 is 0 Å². The van der Waals surface area contributed by atoms with Crippen molar-refractivity contribution in [2.24, 2.45) is 0 Å². The van der Waals surface area contributed by atoms with Crippen LogP contribution in [0.4, 0.5) is 13.2 Å². The summed E-state index contributed by atoms with van der Waals surface area (Å²) in [6, 6.07) is 6.15. The first-order valence-corrected chi connectivity index (χ1v) is 9.16. The van der Waals surface area contributed by atoms with E-state index in [0.29, 0.717) is 17.0 Å². The molecule has 1 aromatic carbocycles. The van der Waals surface area contributed by atoms with Gasteiger partial charge < -0.3 is 4.74 Å². The number of rotatable bonds is 5. The molecule has 0 radical (unpaired) electrons. The summed E-state index contributed by atoms with van der Waals surface area (Å²) < 4.78 is 46.8. The Morgan fingerprint density at radius 3 is 2.58 bits per heavy atom. The van der Waals surface area contributed by atoms with Crippen LogP contribution in [0, 0.1) is 6.92 Å². The summed E-state index contributed by atoms with van der Waals surface area (Å²) in [7, 11) is 1.42. The highest BCUT2D eigenvalue weighted by atomic mass is 19.4. The van der Waals surface area contributed by atoms with Crippen molar-refractivity contribution in [3.05, 3.63) is 71.7 Å². The van der Waals surface area contributed by atoms with Crippen molar-refractivity contribution in [3.63, 3.8) is 0 Å². The van der Waals surface area contributed by atoms with E-state index in [2.05, 4.69) is 19.9 Å². The molecule has 31 heavy (non-hydrogen) atoms. The highest BCUT2D eigenvalue weighted by Gasteiger charge is 2.38. The summed E-state index contributed by atoms with van der Waals surface area (Å²) in [6.45, 7) is 1.79. The zero-order valence-corrected chi connectivity index (χ0v) is 16.5. The van der Waals surface area contributed by atoms with Gasteiger partial charge in [-0.05, 0) is 30.7 Å². The van der Waals surface area contributed by atoms with Gasteiger partial charge >= 0.3 is 6.18 Å². The molecular weight excluding hydrogens is 411 g/mol. The topological polar surface area (TPSA) is 82.8 Å². The number of carbonyl (C=O) groups is 1. The van der Waals surface area contributed by atoms with Crippen LogP contribution < -0.4 is 4.74 Å². The molecule has 0 saturated heterocycles. The van der Waals surface area contributed by atoms with E-state index in [0.717, 1.165) is 10.1 Å². The van der Waals surface area contributed by atoms with Crippen molar-refractivity contribution in [3.8, 4) is 11.6 Å². The van der Waals surface area contributed by atoms with Gasteiger partial charge in [0.05, 0.1) is 42.7 Å². The van der Waals surface area contributed by atoms with Crippen LogP contribution in [0.3, 0.4) is 0 Å². The Morgan fingerprint density at radius 1 is 1.13 bits per heavy atom. The second-order valence-electron chi connectivity index (χ2n) is 6.78. The SMILES string of the molecule is COc1ccc2c(c1)nc(C(F)(F)F)n2-c1cnc(CC(=O)c2cnccc2C)cn1. The van der Waals surface area contributed by atoms with Gasteiger partial charge in [-0.15, -0.1) is 0 Å². The summed E-state index contributed by atoms with van der Waals surface area (Å²) in [5.41, 5.74) is 1.88. The number of carbonyl (C=O) groups excluding carboxylic acids is 1. The van der Waals surface area contributed by atoms with Gasteiger partial charge in [0.25, 0.3) is 0 Å². The number of nitrogens with zero attached hydrogens (tertiary/aromatic N) is 5. The van der Waals surface area contributed by atoms with Crippen molar-refractivity contribution < 1.29 is 22.7 Å². The van der Waals surface area contributed by atoms with Crippen LogP contribution in [0.5, 0.6) is 5.75 Å². The van der Waals surface area contributed by atoms with Gasteiger partial charge in [-0.2, -0.15) is 13.2 Å². The molecule has 7 nitrogen and oxygen atoms in total. The molecule has 3 aromatic heterocycles. The van der Waals surface area contributed by atoms with Gasteiger partial charge in [-0.1, -0.05) is 0 Å². The van der Waals surface area contributed by atoms with Crippen LogP contribution in [0.15, 0.2) is 49.1 Å². The van der Waals surface area contributed by atoms with Crippen LogP contribution in [0.1, 0.15) is 27.4 Å². The maximum absolute atomic E-state index is 13.6. The number of ether oxygens (including phenoxy) is 1. The summed E-state index contributed by atoms with van der Waals surface area (Å²) in [4.78, 5) is 28.4. The highest BCUT2D eigenvalue weighted by molar-refractivity contribution is 5.98. The predicted molar refractivity (Wildman–Crippen MR) is 105 cm³/mol. The minimum absolute atomic E-state index is 0.0478. The number of fused-ring (bicyclic) bond motifs is 1. The molecule has 0 aliphatic carbocycles. The van der Waals surface area contributed by atoms with E-state index < -0.39 is 12.0 Å². The van der Waals surface area contributed by atoms with Crippen LogP contribution in [0.25, 0.3) is 16.9 Å². The summed E-state index contributed by atoms with van der Waals surface area (Å²) in [5.74, 6) is -1.01. The van der Waals surface area contributed by atoms with E-state index in [9.17, 15) is 18.0 Å². The molecule has 0 atom stereocenters. The summed E-state index contributed by atoms with van der Waals surface area (Å²) >= 11 is 0. The molecule has 0 saturated carbocycles. The normalized spacial score (nSPS) is 11.6. The number of hydrogen-bond acceptors (Lipinski definition) is 6. The van der Waals surface area contributed by atoms with Crippen molar-refractivity contribution in [2.45, 2.75) is 19.5 Å². The molecule has 0 spiro atoms. The minimum atomic E-state index is -4.71. The maximum Gasteiger partial charge on any atom is 0.450 e. The number of hydrogen-bond donors (Lipinski definition) is 0. The van der Waals surface area contributed by atoms with Crippen LogP contribution in [-0.4, -0.2) is 37.4 Å². The molecule has 0 N–H and O–H groups in total. The fourth-order valence-corrected chi connectivity index (χ4v) is 3.18. The molecule has 4 aromatic rings. The largest absolute Gasteiger partial charge is 0.497 e. The molecule has 3 heterocycles. The summed E-state index contributed by atoms with van der Waals surface area (Å²) in [6.07, 6.45) is 0.785. The molecule has 0 aliphatic heterocycles. The first kappa shape index (κ1) is 20.5. The molecule has 0 bridgehead atoms. The number of aryl methyl sites for hydroxylation is 1. The first-order valence-electron chi connectivity index (χ1n) is 9.16. The third-order valence-electron chi connectivity index (χ3n) is 4.72. The highest BCUT2D eigenvalue weighted by Crippen LogP contribution is 2.34. The van der Waals surface area contributed by atoms with Gasteiger partial charge in [0.1, 0.15) is 5.75 Å². The lowest BCUT2D eigenvalue weighted by Crippen LogP contribution is -2.15. The Morgan fingerprint density at radius 2 is 1.94 bits per heavy atom. The monoisotopic (exact) mass is 427 g/mol. The number of imidazole rings is 1. The Labute approximate surface area is 174 Å². The number of aromatic nitrogens is 5.